The Kier molecular flexibility index (Phi) is 5.79. The summed E-state index contributed by atoms with van der Waals surface area (Å²) in [5.74, 6) is 1.46. The minimum atomic E-state index is 0.467. The van der Waals surface area contributed by atoms with Gasteiger partial charge in [-0.3, -0.25) is 4.98 Å². The molecule has 110 valence electrons. The zero-order valence-electron chi connectivity index (χ0n) is 12.2. The molecule has 0 amide bonds. The van der Waals surface area contributed by atoms with Crippen molar-refractivity contribution in [3.63, 3.8) is 0 Å². The van der Waals surface area contributed by atoms with Gasteiger partial charge in [0.1, 0.15) is 6.61 Å². The monoisotopic (exact) mass is 284 g/mol. The summed E-state index contributed by atoms with van der Waals surface area (Å²) in [7, 11) is 1.64. The number of aromatic nitrogens is 1. The van der Waals surface area contributed by atoms with E-state index in [2.05, 4.69) is 16.9 Å². The maximum atomic E-state index is 5.53. The van der Waals surface area contributed by atoms with Crippen molar-refractivity contribution in [2.75, 3.05) is 13.7 Å². The van der Waals surface area contributed by atoms with E-state index in [0.717, 1.165) is 35.7 Å². The highest BCUT2D eigenvalue weighted by atomic mass is 16.5. The second-order valence-electron chi connectivity index (χ2n) is 4.55. The van der Waals surface area contributed by atoms with Crippen molar-refractivity contribution in [3.8, 4) is 11.5 Å². The molecular formula is C17H20N2O2. The summed E-state index contributed by atoms with van der Waals surface area (Å²) in [5, 5.41) is 3.38. The molecule has 2 rings (SSSR count). The van der Waals surface area contributed by atoms with Crippen LogP contribution >= 0.6 is 0 Å². The average molecular weight is 284 g/mol. The summed E-state index contributed by atoms with van der Waals surface area (Å²) in [6.45, 7) is 5.64. The van der Waals surface area contributed by atoms with Crippen LogP contribution in [0, 0.1) is 0 Å². The Balaban J connectivity index is 1.92. The third-order valence-electron chi connectivity index (χ3n) is 2.97. The Morgan fingerprint density at radius 1 is 1.19 bits per heavy atom. The number of pyridine rings is 1. The molecule has 0 unspecified atom stereocenters. The highest BCUT2D eigenvalue weighted by Gasteiger charge is 2.05. The van der Waals surface area contributed by atoms with Crippen LogP contribution in [0.5, 0.6) is 11.5 Å². The van der Waals surface area contributed by atoms with Crippen molar-refractivity contribution < 1.29 is 9.47 Å². The molecule has 0 radical (unpaired) electrons. The van der Waals surface area contributed by atoms with Gasteiger partial charge in [0.15, 0.2) is 11.5 Å². The maximum absolute atomic E-state index is 5.53. The van der Waals surface area contributed by atoms with Gasteiger partial charge in [-0.05, 0) is 29.3 Å². The number of hydrogen-bond acceptors (Lipinski definition) is 4. The van der Waals surface area contributed by atoms with Crippen LogP contribution in [0.2, 0.25) is 0 Å². The van der Waals surface area contributed by atoms with Crippen LogP contribution in [-0.2, 0) is 13.1 Å². The number of nitrogens with one attached hydrogen (secondary N) is 1. The number of rotatable bonds is 8. The Morgan fingerprint density at radius 3 is 2.76 bits per heavy atom. The molecule has 4 heteroatoms. The lowest BCUT2D eigenvalue weighted by atomic mass is 10.2. The van der Waals surface area contributed by atoms with Gasteiger partial charge in [-0.1, -0.05) is 24.8 Å². The standard InChI is InChI=1S/C17H20N2O2/c1-3-9-21-16-7-6-14(10-17(16)20-2)11-19-13-15-5-4-8-18-12-15/h3-8,10,12,19H,1,9,11,13H2,2H3. The molecule has 0 spiro atoms. The fraction of sp³-hybridized carbons (Fsp3) is 0.235. The van der Waals surface area contributed by atoms with E-state index in [1.54, 1.807) is 19.4 Å². The maximum Gasteiger partial charge on any atom is 0.161 e. The molecule has 0 fully saturated rings. The van der Waals surface area contributed by atoms with E-state index in [0.29, 0.717) is 6.61 Å². The van der Waals surface area contributed by atoms with Gasteiger partial charge in [-0.2, -0.15) is 0 Å². The first-order valence-corrected chi connectivity index (χ1v) is 6.83. The van der Waals surface area contributed by atoms with Crippen molar-refractivity contribution in [3.05, 3.63) is 66.5 Å². The molecule has 1 aromatic heterocycles. The normalized spacial score (nSPS) is 10.1. The predicted molar refractivity (Wildman–Crippen MR) is 83.5 cm³/mol. The van der Waals surface area contributed by atoms with E-state index in [9.17, 15) is 0 Å². The van der Waals surface area contributed by atoms with E-state index in [4.69, 9.17) is 9.47 Å². The van der Waals surface area contributed by atoms with Crippen molar-refractivity contribution >= 4 is 0 Å². The molecule has 0 aliphatic carbocycles. The molecule has 4 nitrogen and oxygen atoms in total. The zero-order valence-corrected chi connectivity index (χ0v) is 12.2. The van der Waals surface area contributed by atoms with Gasteiger partial charge in [-0.25, -0.2) is 0 Å². The van der Waals surface area contributed by atoms with E-state index >= 15 is 0 Å². The van der Waals surface area contributed by atoms with Gasteiger partial charge in [0, 0.05) is 25.5 Å². The lowest BCUT2D eigenvalue weighted by Crippen LogP contribution is -2.12. The smallest absolute Gasteiger partial charge is 0.161 e. The van der Waals surface area contributed by atoms with Crippen LogP contribution in [0.1, 0.15) is 11.1 Å². The van der Waals surface area contributed by atoms with Gasteiger partial charge in [-0.15, -0.1) is 0 Å². The second kappa shape index (κ2) is 8.07. The molecule has 21 heavy (non-hydrogen) atoms. The second-order valence-corrected chi connectivity index (χ2v) is 4.55. The minimum Gasteiger partial charge on any atom is -0.493 e. The zero-order chi connectivity index (χ0) is 14.9. The Hall–Kier alpha value is -2.33. The van der Waals surface area contributed by atoms with Gasteiger partial charge in [0.05, 0.1) is 7.11 Å². The van der Waals surface area contributed by atoms with Crippen molar-refractivity contribution in [2.45, 2.75) is 13.1 Å². The molecule has 0 aliphatic rings. The predicted octanol–water partition coefficient (Wildman–Crippen LogP) is 2.94. The number of methoxy groups -OCH3 is 1. The molecule has 0 saturated carbocycles. The van der Waals surface area contributed by atoms with Crippen LogP contribution < -0.4 is 14.8 Å². The number of ether oxygens (including phenoxy) is 2. The summed E-state index contributed by atoms with van der Waals surface area (Å²) in [4.78, 5) is 4.09. The summed E-state index contributed by atoms with van der Waals surface area (Å²) in [6.07, 6.45) is 5.35. The summed E-state index contributed by atoms with van der Waals surface area (Å²) in [5.41, 5.74) is 2.30. The van der Waals surface area contributed by atoms with Gasteiger partial charge in [0.2, 0.25) is 0 Å². The quantitative estimate of drug-likeness (QED) is 0.757. The van der Waals surface area contributed by atoms with E-state index in [1.165, 1.54) is 0 Å². The minimum absolute atomic E-state index is 0.467. The molecule has 0 aliphatic heterocycles. The third-order valence-corrected chi connectivity index (χ3v) is 2.97. The Bertz CT molecular complexity index is 570. The fourth-order valence-electron chi connectivity index (χ4n) is 1.94. The first kappa shape index (κ1) is 15.1. The highest BCUT2D eigenvalue weighted by Crippen LogP contribution is 2.28. The molecule has 0 saturated heterocycles. The number of nitrogens with zero attached hydrogens (tertiary/aromatic N) is 1. The van der Waals surface area contributed by atoms with Gasteiger partial charge >= 0.3 is 0 Å². The molecule has 2 aromatic rings. The van der Waals surface area contributed by atoms with Crippen molar-refractivity contribution in [1.29, 1.82) is 0 Å². The van der Waals surface area contributed by atoms with Gasteiger partial charge < -0.3 is 14.8 Å². The van der Waals surface area contributed by atoms with E-state index < -0.39 is 0 Å². The molecule has 0 atom stereocenters. The highest BCUT2D eigenvalue weighted by molar-refractivity contribution is 5.43. The molecule has 1 heterocycles. The lowest BCUT2D eigenvalue weighted by Gasteiger charge is -2.11. The lowest BCUT2D eigenvalue weighted by molar-refractivity contribution is 0.326. The SMILES string of the molecule is C=CCOc1ccc(CNCc2cccnc2)cc1OC. The van der Waals surface area contributed by atoms with Crippen LogP contribution in [0.15, 0.2) is 55.4 Å². The van der Waals surface area contributed by atoms with E-state index in [-0.39, 0.29) is 0 Å². The summed E-state index contributed by atoms with van der Waals surface area (Å²) >= 11 is 0. The first-order valence-electron chi connectivity index (χ1n) is 6.83. The summed E-state index contributed by atoms with van der Waals surface area (Å²) < 4.78 is 10.9. The number of hydrogen-bond donors (Lipinski definition) is 1. The average Bonchev–Trinajstić information content (AvgIpc) is 2.54. The van der Waals surface area contributed by atoms with Crippen LogP contribution in [0.4, 0.5) is 0 Å². The fourth-order valence-corrected chi connectivity index (χ4v) is 1.94. The summed E-state index contributed by atoms with van der Waals surface area (Å²) in [6, 6.07) is 9.91. The van der Waals surface area contributed by atoms with Crippen LogP contribution in [0.3, 0.4) is 0 Å². The van der Waals surface area contributed by atoms with Crippen molar-refractivity contribution in [1.82, 2.24) is 10.3 Å². The largest absolute Gasteiger partial charge is 0.493 e. The Morgan fingerprint density at radius 2 is 2.05 bits per heavy atom. The molecule has 0 bridgehead atoms. The van der Waals surface area contributed by atoms with E-state index in [1.807, 2.05) is 36.5 Å². The third kappa shape index (κ3) is 4.61. The molecule has 1 aromatic carbocycles. The molecular weight excluding hydrogens is 264 g/mol. The first-order chi connectivity index (χ1) is 10.3. The topological polar surface area (TPSA) is 43.4 Å². The van der Waals surface area contributed by atoms with Gasteiger partial charge in [0.25, 0.3) is 0 Å². The number of benzene rings is 1. The Labute approximate surface area is 125 Å². The van der Waals surface area contributed by atoms with Crippen molar-refractivity contribution in [2.24, 2.45) is 0 Å². The molecule has 1 N–H and O–H groups in total. The van der Waals surface area contributed by atoms with Crippen LogP contribution in [0.25, 0.3) is 0 Å². The van der Waals surface area contributed by atoms with Crippen LogP contribution in [-0.4, -0.2) is 18.7 Å².